The summed E-state index contributed by atoms with van der Waals surface area (Å²) in [5.41, 5.74) is 4.88. The lowest BCUT2D eigenvalue weighted by atomic mass is 10.0. The van der Waals surface area contributed by atoms with Crippen LogP contribution < -0.4 is 5.32 Å². The number of hydrogen-bond acceptors (Lipinski definition) is 6. The molecular formula is C27H29N5O2. The Morgan fingerprint density at radius 3 is 2.82 bits per heavy atom. The maximum atomic E-state index is 6.20. The van der Waals surface area contributed by atoms with Gasteiger partial charge in [-0.2, -0.15) is 4.98 Å². The molecule has 0 atom stereocenters. The number of nitrogens with zero attached hydrogens (tertiary/aromatic N) is 4. The summed E-state index contributed by atoms with van der Waals surface area (Å²) >= 11 is 0. The fourth-order valence-electron chi connectivity index (χ4n) is 4.06. The Morgan fingerprint density at radius 1 is 1.09 bits per heavy atom. The third kappa shape index (κ3) is 5.05. The zero-order valence-electron chi connectivity index (χ0n) is 19.6. The van der Waals surface area contributed by atoms with Crippen molar-refractivity contribution >= 4 is 23.0 Å². The number of fused-ring (bicyclic) bond motifs is 1. The first kappa shape index (κ1) is 22.0. The summed E-state index contributed by atoms with van der Waals surface area (Å²) in [6.45, 7) is 1.07. The van der Waals surface area contributed by atoms with Gasteiger partial charge in [0.05, 0.1) is 0 Å². The minimum atomic E-state index is 0.533. The molecule has 0 saturated carbocycles. The van der Waals surface area contributed by atoms with Crippen molar-refractivity contribution in [2.24, 2.45) is 0 Å². The fourth-order valence-corrected chi connectivity index (χ4v) is 4.06. The van der Waals surface area contributed by atoms with Crippen molar-refractivity contribution < 1.29 is 9.47 Å². The standard InChI is InChI=1S/C27H29N5O2/c1-31(2)16-8-10-20-9-6-13-22(17-20)28-27-29-26-15-7-14-23(32(26)30-27)25-19-33-18-24(34-25)21-11-4-3-5-12-21/h3-4,6-7,9,11,13-15,17-19H,5,8,10,12,16H2,1-2H3,(H,28,30). The second-order valence-corrected chi connectivity index (χ2v) is 8.71. The summed E-state index contributed by atoms with van der Waals surface area (Å²) in [7, 11) is 4.20. The molecule has 1 N–H and O–H groups in total. The van der Waals surface area contributed by atoms with E-state index in [1.807, 2.05) is 30.3 Å². The number of anilines is 2. The lowest BCUT2D eigenvalue weighted by Gasteiger charge is -2.19. The molecule has 174 valence electrons. The van der Waals surface area contributed by atoms with Crippen molar-refractivity contribution in [2.75, 3.05) is 26.0 Å². The minimum Gasteiger partial charge on any atom is -0.465 e. The summed E-state index contributed by atoms with van der Waals surface area (Å²) in [5, 5.41) is 8.05. The summed E-state index contributed by atoms with van der Waals surface area (Å²) in [4.78, 5) is 6.87. The molecular weight excluding hydrogens is 426 g/mol. The van der Waals surface area contributed by atoms with Gasteiger partial charge in [-0.15, -0.1) is 5.10 Å². The van der Waals surface area contributed by atoms with Crippen molar-refractivity contribution in [3.63, 3.8) is 0 Å². The van der Waals surface area contributed by atoms with Crippen molar-refractivity contribution in [3.8, 4) is 0 Å². The predicted octanol–water partition coefficient (Wildman–Crippen LogP) is 5.43. The van der Waals surface area contributed by atoms with Gasteiger partial charge < -0.3 is 19.7 Å². The van der Waals surface area contributed by atoms with E-state index in [0.717, 1.165) is 60.6 Å². The van der Waals surface area contributed by atoms with E-state index in [0.29, 0.717) is 11.7 Å². The molecule has 2 aromatic heterocycles. The Morgan fingerprint density at radius 2 is 1.97 bits per heavy atom. The number of allylic oxidation sites excluding steroid dienone is 4. The molecule has 0 bridgehead atoms. The zero-order valence-corrected chi connectivity index (χ0v) is 19.6. The molecule has 0 saturated heterocycles. The smallest absolute Gasteiger partial charge is 0.247 e. The van der Waals surface area contributed by atoms with E-state index in [1.54, 1.807) is 17.0 Å². The molecule has 7 nitrogen and oxygen atoms in total. The first-order chi connectivity index (χ1) is 16.7. The SMILES string of the molecule is CN(C)CCCc1cccc(Nc2nc3cccc(C4=COC=C(C5=CC=CCC5)O4)n3n2)c1. The summed E-state index contributed by atoms with van der Waals surface area (Å²) in [6, 6.07) is 14.2. The second-order valence-electron chi connectivity index (χ2n) is 8.71. The van der Waals surface area contributed by atoms with Gasteiger partial charge in [-0.3, -0.25) is 0 Å². The quantitative estimate of drug-likeness (QED) is 0.489. The van der Waals surface area contributed by atoms with E-state index < -0.39 is 0 Å². The van der Waals surface area contributed by atoms with Crippen LogP contribution in [0.1, 0.15) is 30.5 Å². The van der Waals surface area contributed by atoms with Crippen molar-refractivity contribution in [1.82, 2.24) is 19.5 Å². The normalized spacial score (nSPS) is 15.4. The molecule has 34 heavy (non-hydrogen) atoms. The van der Waals surface area contributed by atoms with Crippen molar-refractivity contribution in [2.45, 2.75) is 25.7 Å². The highest BCUT2D eigenvalue weighted by Crippen LogP contribution is 2.30. The first-order valence-corrected chi connectivity index (χ1v) is 11.6. The number of ether oxygens (including phenoxy) is 2. The Labute approximate surface area is 199 Å². The van der Waals surface area contributed by atoms with Gasteiger partial charge in [0.25, 0.3) is 0 Å². The average Bonchev–Trinajstić information content (AvgIpc) is 3.27. The number of benzene rings is 1. The Kier molecular flexibility index (Phi) is 6.44. The molecule has 0 unspecified atom stereocenters. The number of rotatable bonds is 8. The predicted molar refractivity (Wildman–Crippen MR) is 134 cm³/mol. The maximum Gasteiger partial charge on any atom is 0.247 e. The highest BCUT2D eigenvalue weighted by Gasteiger charge is 2.19. The number of aryl methyl sites for hydroxylation is 1. The number of pyridine rings is 1. The zero-order chi connectivity index (χ0) is 23.3. The van der Waals surface area contributed by atoms with Crippen LogP contribution in [-0.2, 0) is 15.9 Å². The lowest BCUT2D eigenvalue weighted by Crippen LogP contribution is -2.13. The van der Waals surface area contributed by atoms with Gasteiger partial charge in [0.2, 0.25) is 5.95 Å². The third-order valence-electron chi connectivity index (χ3n) is 5.77. The van der Waals surface area contributed by atoms with E-state index in [1.165, 1.54) is 5.56 Å². The molecule has 2 aliphatic rings. The molecule has 3 heterocycles. The van der Waals surface area contributed by atoms with Gasteiger partial charge >= 0.3 is 0 Å². The Hall–Kier alpha value is -3.84. The van der Waals surface area contributed by atoms with Gasteiger partial charge in [-0.05, 0) is 81.7 Å². The summed E-state index contributed by atoms with van der Waals surface area (Å²) in [6.07, 6.45) is 13.6. The monoisotopic (exact) mass is 455 g/mol. The molecule has 5 rings (SSSR count). The van der Waals surface area contributed by atoms with Gasteiger partial charge in [-0.1, -0.05) is 36.4 Å². The Balaban J connectivity index is 1.34. The molecule has 0 fully saturated rings. The Bertz CT molecular complexity index is 1300. The minimum absolute atomic E-state index is 0.533. The first-order valence-electron chi connectivity index (χ1n) is 11.6. The highest BCUT2D eigenvalue weighted by atomic mass is 16.5. The topological polar surface area (TPSA) is 63.9 Å². The molecule has 1 aliphatic carbocycles. The number of nitrogens with one attached hydrogen (secondary N) is 1. The lowest BCUT2D eigenvalue weighted by molar-refractivity contribution is 0.283. The van der Waals surface area contributed by atoms with E-state index in [4.69, 9.17) is 14.6 Å². The third-order valence-corrected chi connectivity index (χ3v) is 5.77. The van der Waals surface area contributed by atoms with Crippen LogP contribution in [0.2, 0.25) is 0 Å². The average molecular weight is 456 g/mol. The fraction of sp³-hybridized carbons (Fsp3) is 0.259. The van der Waals surface area contributed by atoms with Gasteiger partial charge in [0.1, 0.15) is 18.2 Å². The van der Waals surface area contributed by atoms with E-state index >= 15 is 0 Å². The number of aromatic nitrogens is 3. The van der Waals surface area contributed by atoms with E-state index in [2.05, 4.69) is 59.6 Å². The summed E-state index contributed by atoms with van der Waals surface area (Å²) in [5.74, 6) is 1.85. The van der Waals surface area contributed by atoms with Crippen molar-refractivity contribution in [1.29, 1.82) is 0 Å². The van der Waals surface area contributed by atoms with Crippen LogP contribution in [0, 0.1) is 0 Å². The number of hydrogen-bond donors (Lipinski definition) is 1. The van der Waals surface area contributed by atoms with Crippen LogP contribution in [-0.4, -0.2) is 40.1 Å². The van der Waals surface area contributed by atoms with Crippen LogP contribution in [0.15, 0.2) is 84.5 Å². The van der Waals surface area contributed by atoms with Gasteiger partial charge in [-0.25, -0.2) is 4.52 Å². The molecule has 0 spiro atoms. The highest BCUT2D eigenvalue weighted by molar-refractivity contribution is 5.63. The van der Waals surface area contributed by atoms with Crippen molar-refractivity contribution in [3.05, 3.63) is 95.8 Å². The second kappa shape index (κ2) is 9.97. The van der Waals surface area contributed by atoms with Crippen LogP contribution in [0.4, 0.5) is 11.6 Å². The van der Waals surface area contributed by atoms with Gasteiger partial charge in [0, 0.05) is 5.69 Å². The molecule has 1 aromatic carbocycles. The van der Waals surface area contributed by atoms with Crippen LogP contribution >= 0.6 is 0 Å². The van der Waals surface area contributed by atoms with Crippen LogP contribution in [0.3, 0.4) is 0 Å². The molecule has 3 aromatic rings. The van der Waals surface area contributed by atoms with E-state index in [9.17, 15) is 0 Å². The summed E-state index contributed by atoms with van der Waals surface area (Å²) < 4.78 is 13.6. The van der Waals surface area contributed by atoms with Crippen LogP contribution in [0.25, 0.3) is 11.4 Å². The molecule has 7 heteroatoms. The largest absolute Gasteiger partial charge is 0.465 e. The maximum absolute atomic E-state index is 6.20. The molecule has 0 amide bonds. The van der Waals surface area contributed by atoms with Gasteiger partial charge in [0.15, 0.2) is 17.2 Å². The van der Waals surface area contributed by atoms with E-state index in [-0.39, 0.29) is 0 Å². The van der Waals surface area contributed by atoms with Crippen LogP contribution in [0.5, 0.6) is 0 Å². The molecule has 0 radical (unpaired) electrons. The molecule has 1 aliphatic heterocycles.